The fourth-order valence-electron chi connectivity index (χ4n) is 2.72. The zero-order valence-electron chi connectivity index (χ0n) is 13.4. The lowest BCUT2D eigenvalue weighted by Gasteiger charge is -2.33. The molecule has 0 radical (unpaired) electrons. The molecule has 110 valence electrons. The second-order valence-electron chi connectivity index (χ2n) is 6.66. The summed E-state index contributed by atoms with van der Waals surface area (Å²) in [4.78, 5) is 0. The molecule has 3 heteroatoms. The van der Waals surface area contributed by atoms with Crippen LogP contribution in [0.15, 0.2) is 30.3 Å². The maximum Gasteiger partial charge on any atom is 0.185 e. The Morgan fingerprint density at radius 1 is 1.25 bits per heavy atom. The van der Waals surface area contributed by atoms with Crippen LogP contribution in [0.2, 0.25) is 19.6 Å². The van der Waals surface area contributed by atoms with Gasteiger partial charge in [0.25, 0.3) is 0 Å². The molecule has 0 bridgehead atoms. The lowest BCUT2D eigenvalue weighted by molar-refractivity contribution is 0.119. The highest BCUT2D eigenvalue weighted by molar-refractivity contribution is 6.69. The average Bonchev–Trinajstić information content (AvgIpc) is 2.37. The van der Waals surface area contributed by atoms with Crippen molar-refractivity contribution in [3.8, 4) is 6.07 Å². The van der Waals surface area contributed by atoms with Gasteiger partial charge in [-0.25, -0.2) is 0 Å². The second-order valence-corrected chi connectivity index (χ2v) is 11.1. The van der Waals surface area contributed by atoms with Crippen LogP contribution in [-0.2, 0) is 4.43 Å². The van der Waals surface area contributed by atoms with Gasteiger partial charge in [0.2, 0.25) is 0 Å². The van der Waals surface area contributed by atoms with Crippen LogP contribution in [0, 0.1) is 11.3 Å². The molecular weight excluding hydrogens is 262 g/mol. The molecule has 0 spiro atoms. The minimum absolute atomic E-state index is 0.391. The van der Waals surface area contributed by atoms with E-state index in [1.807, 2.05) is 13.0 Å². The molecule has 1 rings (SSSR count). The van der Waals surface area contributed by atoms with E-state index in [1.165, 1.54) is 5.56 Å². The van der Waals surface area contributed by atoms with Crippen LogP contribution in [0.4, 0.5) is 0 Å². The fraction of sp³-hybridized carbons (Fsp3) is 0.588. The van der Waals surface area contributed by atoms with Crippen molar-refractivity contribution in [1.29, 1.82) is 5.26 Å². The summed E-state index contributed by atoms with van der Waals surface area (Å²) in [5, 5.41) is 9.56. The summed E-state index contributed by atoms with van der Waals surface area (Å²) in [7, 11) is -1.73. The number of benzene rings is 1. The zero-order valence-corrected chi connectivity index (χ0v) is 14.4. The van der Waals surface area contributed by atoms with Gasteiger partial charge in [-0.1, -0.05) is 43.7 Å². The molecule has 1 aromatic carbocycles. The van der Waals surface area contributed by atoms with E-state index in [-0.39, 0.29) is 0 Å². The molecule has 0 N–H and O–H groups in total. The van der Waals surface area contributed by atoms with Crippen molar-refractivity contribution in [1.82, 2.24) is 0 Å². The van der Waals surface area contributed by atoms with Crippen LogP contribution in [0.1, 0.15) is 44.6 Å². The van der Waals surface area contributed by atoms with Gasteiger partial charge in [-0.3, -0.25) is 0 Å². The standard InChI is InChI=1S/C17H27NOSi/c1-6-10-16(15-11-8-7-9-12-15)13-17(2,14-18)19-20(3,4)5/h7-9,11-12,16H,6,10,13H2,1-5H3/t16?,17-/m1/s1. The summed E-state index contributed by atoms with van der Waals surface area (Å²) < 4.78 is 6.15. The van der Waals surface area contributed by atoms with Crippen molar-refractivity contribution >= 4 is 8.32 Å². The third-order valence-electron chi connectivity index (χ3n) is 3.31. The number of hydrogen-bond donors (Lipinski definition) is 0. The third-order valence-corrected chi connectivity index (χ3v) is 4.37. The van der Waals surface area contributed by atoms with Crippen LogP contribution in [0.3, 0.4) is 0 Å². The smallest absolute Gasteiger partial charge is 0.185 e. The van der Waals surface area contributed by atoms with Gasteiger partial charge < -0.3 is 4.43 Å². The number of hydrogen-bond acceptors (Lipinski definition) is 2. The van der Waals surface area contributed by atoms with E-state index in [2.05, 4.69) is 56.9 Å². The first kappa shape index (κ1) is 16.9. The van der Waals surface area contributed by atoms with Gasteiger partial charge >= 0.3 is 0 Å². The summed E-state index contributed by atoms with van der Waals surface area (Å²) in [5.74, 6) is 0.391. The quantitative estimate of drug-likeness (QED) is 0.655. The van der Waals surface area contributed by atoms with E-state index in [1.54, 1.807) is 0 Å². The predicted molar refractivity (Wildman–Crippen MR) is 87.2 cm³/mol. The topological polar surface area (TPSA) is 33.0 Å². The largest absolute Gasteiger partial charge is 0.400 e. The van der Waals surface area contributed by atoms with Gasteiger partial charge in [0, 0.05) is 0 Å². The Bertz CT molecular complexity index is 446. The molecule has 0 aliphatic heterocycles. The Morgan fingerprint density at radius 2 is 1.85 bits per heavy atom. The van der Waals surface area contributed by atoms with E-state index < -0.39 is 13.9 Å². The van der Waals surface area contributed by atoms with Crippen LogP contribution < -0.4 is 0 Å². The van der Waals surface area contributed by atoms with Crippen LogP contribution in [0.25, 0.3) is 0 Å². The minimum Gasteiger partial charge on any atom is -0.400 e. The molecule has 0 heterocycles. The summed E-state index contributed by atoms with van der Waals surface area (Å²) in [5.41, 5.74) is 0.634. The molecule has 0 aromatic heterocycles. The molecule has 0 saturated carbocycles. The van der Waals surface area contributed by atoms with Crippen LogP contribution >= 0.6 is 0 Å². The van der Waals surface area contributed by atoms with Gasteiger partial charge in [0.1, 0.15) is 5.60 Å². The normalized spacial score (nSPS) is 16.2. The number of nitrogens with zero attached hydrogens (tertiary/aromatic N) is 1. The first-order chi connectivity index (χ1) is 9.29. The first-order valence-electron chi connectivity index (χ1n) is 7.46. The Balaban J connectivity index is 2.91. The average molecular weight is 289 g/mol. The van der Waals surface area contributed by atoms with Gasteiger partial charge in [0.15, 0.2) is 8.32 Å². The lowest BCUT2D eigenvalue weighted by atomic mass is 9.85. The van der Waals surface area contributed by atoms with E-state index in [0.29, 0.717) is 5.92 Å². The van der Waals surface area contributed by atoms with Crippen molar-refractivity contribution in [2.24, 2.45) is 0 Å². The molecule has 0 amide bonds. The Morgan fingerprint density at radius 3 is 2.30 bits per heavy atom. The van der Waals surface area contributed by atoms with Gasteiger partial charge in [0.05, 0.1) is 6.07 Å². The predicted octanol–water partition coefficient (Wildman–Crippen LogP) is 5.09. The molecule has 0 saturated heterocycles. The molecule has 0 fully saturated rings. The molecular formula is C17H27NOSi. The van der Waals surface area contributed by atoms with Crippen molar-refractivity contribution in [2.45, 2.75) is 64.3 Å². The molecule has 2 nitrogen and oxygen atoms in total. The highest BCUT2D eigenvalue weighted by Gasteiger charge is 2.34. The van der Waals surface area contributed by atoms with E-state index in [0.717, 1.165) is 19.3 Å². The highest BCUT2D eigenvalue weighted by atomic mass is 28.4. The monoisotopic (exact) mass is 289 g/mol. The Kier molecular flexibility index (Phi) is 5.98. The third kappa shape index (κ3) is 5.48. The molecule has 2 atom stereocenters. The van der Waals surface area contributed by atoms with Crippen molar-refractivity contribution < 1.29 is 4.43 Å². The SMILES string of the molecule is CCCC(C[C@](C)(C#N)O[Si](C)(C)C)c1ccccc1. The summed E-state index contributed by atoms with van der Waals surface area (Å²) in [6.07, 6.45) is 2.98. The Hall–Kier alpha value is -1.11. The van der Waals surface area contributed by atoms with Crippen molar-refractivity contribution in [2.75, 3.05) is 0 Å². The van der Waals surface area contributed by atoms with Crippen LogP contribution in [0.5, 0.6) is 0 Å². The fourth-order valence-corrected chi connectivity index (χ4v) is 4.20. The molecule has 20 heavy (non-hydrogen) atoms. The molecule has 1 aromatic rings. The van der Waals surface area contributed by atoms with E-state index in [4.69, 9.17) is 4.43 Å². The zero-order chi connectivity index (χ0) is 15.2. The van der Waals surface area contributed by atoms with Crippen molar-refractivity contribution in [3.05, 3.63) is 35.9 Å². The maximum atomic E-state index is 9.56. The van der Waals surface area contributed by atoms with Gasteiger partial charge in [-0.2, -0.15) is 5.26 Å². The minimum atomic E-state index is -1.73. The number of rotatable bonds is 7. The van der Waals surface area contributed by atoms with E-state index in [9.17, 15) is 5.26 Å². The lowest BCUT2D eigenvalue weighted by Crippen LogP contribution is -2.40. The second kappa shape index (κ2) is 7.06. The summed E-state index contributed by atoms with van der Waals surface area (Å²) in [6.45, 7) is 10.6. The molecule has 0 aliphatic rings. The molecule has 0 aliphatic carbocycles. The van der Waals surface area contributed by atoms with Gasteiger partial charge in [-0.15, -0.1) is 0 Å². The van der Waals surface area contributed by atoms with Gasteiger partial charge in [-0.05, 0) is 50.9 Å². The summed E-state index contributed by atoms with van der Waals surface area (Å²) >= 11 is 0. The number of nitriles is 1. The van der Waals surface area contributed by atoms with Crippen LogP contribution in [-0.4, -0.2) is 13.9 Å². The Labute approximate surface area is 124 Å². The highest BCUT2D eigenvalue weighted by Crippen LogP contribution is 2.33. The molecule has 1 unspecified atom stereocenters. The maximum absolute atomic E-state index is 9.56. The summed E-state index contributed by atoms with van der Waals surface area (Å²) in [6, 6.07) is 12.9. The van der Waals surface area contributed by atoms with E-state index >= 15 is 0 Å². The first-order valence-corrected chi connectivity index (χ1v) is 10.9. The van der Waals surface area contributed by atoms with Crippen molar-refractivity contribution in [3.63, 3.8) is 0 Å².